The van der Waals surface area contributed by atoms with Crippen LogP contribution in [0.15, 0.2) is 53.4 Å². The van der Waals surface area contributed by atoms with E-state index in [0.717, 1.165) is 5.56 Å². The van der Waals surface area contributed by atoms with Crippen molar-refractivity contribution in [3.05, 3.63) is 54.1 Å². The highest BCUT2D eigenvalue weighted by Gasteiger charge is 2.24. The zero-order chi connectivity index (χ0) is 14.1. The molecule has 3 rings (SSSR count). The molecule has 2 aromatic carbocycles. The highest BCUT2D eigenvalue weighted by atomic mass is 32.2. The quantitative estimate of drug-likeness (QED) is 0.826. The molecule has 0 aromatic heterocycles. The van der Waals surface area contributed by atoms with E-state index in [9.17, 15) is 10.2 Å². The zero-order valence-electron chi connectivity index (χ0n) is 11.0. The summed E-state index contributed by atoms with van der Waals surface area (Å²) in [5, 5.41) is 19.0. The average Bonchev–Trinajstić information content (AvgIpc) is 2.77. The molecule has 1 aliphatic rings. The van der Waals surface area contributed by atoms with E-state index in [0.29, 0.717) is 0 Å². The Kier molecular flexibility index (Phi) is 3.32. The van der Waals surface area contributed by atoms with E-state index in [4.69, 9.17) is 0 Å². The number of fused-ring (bicyclic) bond motifs is 1. The van der Waals surface area contributed by atoms with Crippen LogP contribution in [0.4, 0.5) is 5.69 Å². The van der Waals surface area contributed by atoms with Gasteiger partial charge in [-0.3, -0.25) is 0 Å². The molecular formula is C16H15NO2S. The van der Waals surface area contributed by atoms with Crippen molar-refractivity contribution >= 4 is 23.5 Å². The molecule has 0 radical (unpaired) electrons. The molecular weight excluding hydrogens is 270 g/mol. The average molecular weight is 285 g/mol. The molecule has 0 spiro atoms. The van der Waals surface area contributed by atoms with E-state index < -0.39 is 0 Å². The molecule has 0 amide bonds. The number of likely N-dealkylation sites (N-methyl/N-ethyl adjacent to an activating group) is 1. The Balaban J connectivity index is 1.79. The van der Waals surface area contributed by atoms with Gasteiger partial charge in [-0.15, -0.1) is 0 Å². The Morgan fingerprint density at radius 2 is 1.90 bits per heavy atom. The zero-order valence-corrected chi connectivity index (χ0v) is 11.8. The lowest BCUT2D eigenvalue weighted by Crippen LogP contribution is -2.21. The van der Waals surface area contributed by atoms with E-state index >= 15 is 0 Å². The third-order valence-corrected chi connectivity index (χ3v) is 4.64. The number of phenols is 2. The van der Waals surface area contributed by atoms with Gasteiger partial charge in [0.1, 0.15) is 0 Å². The predicted molar refractivity (Wildman–Crippen MR) is 83.3 cm³/mol. The monoisotopic (exact) mass is 285 g/mol. The predicted octanol–water partition coefficient (Wildman–Crippen LogP) is 3.68. The maximum atomic E-state index is 9.49. The second kappa shape index (κ2) is 5.13. The van der Waals surface area contributed by atoms with Gasteiger partial charge in [0.25, 0.3) is 0 Å². The standard InChI is InChI=1S/C16H15NO2S/c1-17-12-4-2-3-5-15(12)20-16(17)9-7-11-6-8-13(18)14(19)10-11/h2-10,16,18-19H,1H3/b9-7+. The fourth-order valence-corrected chi connectivity index (χ4v) is 3.38. The fraction of sp³-hybridized carbons (Fsp3) is 0.125. The molecule has 1 aliphatic heterocycles. The van der Waals surface area contributed by atoms with Gasteiger partial charge >= 0.3 is 0 Å². The summed E-state index contributed by atoms with van der Waals surface area (Å²) < 4.78 is 0. The van der Waals surface area contributed by atoms with Crippen molar-refractivity contribution in [2.75, 3.05) is 11.9 Å². The van der Waals surface area contributed by atoms with Crippen molar-refractivity contribution in [3.63, 3.8) is 0 Å². The highest BCUT2D eigenvalue weighted by molar-refractivity contribution is 8.00. The minimum Gasteiger partial charge on any atom is -0.504 e. The molecule has 0 saturated heterocycles. The molecule has 102 valence electrons. The number of anilines is 1. The summed E-state index contributed by atoms with van der Waals surface area (Å²) in [6.07, 6.45) is 4.05. The van der Waals surface area contributed by atoms with Crippen molar-refractivity contribution in [2.45, 2.75) is 10.3 Å². The van der Waals surface area contributed by atoms with Crippen molar-refractivity contribution in [3.8, 4) is 11.5 Å². The summed E-state index contributed by atoms with van der Waals surface area (Å²) >= 11 is 1.80. The van der Waals surface area contributed by atoms with Gasteiger partial charge in [-0.05, 0) is 29.8 Å². The van der Waals surface area contributed by atoms with Crippen LogP contribution in [0.2, 0.25) is 0 Å². The molecule has 0 saturated carbocycles. The van der Waals surface area contributed by atoms with Gasteiger partial charge in [0.15, 0.2) is 11.5 Å². The van der Waals surface area contributed by atoms with Gasteiger partial charge in [-0.25, -0.2) is 0 Å². The number of para-hydroxylation sites is 1. The smallest absolute Gasteiger partial charge is 0.157 e. The third-order valence-electron chi connectivity index (χ3n) is 3.33. The Bertz CT molecular complexity index is 669. The SMILES string of the molecule is CN1c2ccccc2SC1/C=C/c1ccc(O)c(O)c1. The van der Waals surface area contributed by atoms with Crippen LogP contribution in [0.3, 0.4) is 0 Å². The van der Waals surface area contributed by atoms with Crippen LogP contribution in [-0.4, -0.2) is 22.6 Å². The first-order valence-corrected chi connectivity index (χ1v) is 7.22. The van der Waals surface area contributed by atoms with Crippen LogP contribution in [0.5, 0.6) is 11.5 Å². The van der Waals surface area contributed by atoms with Crippen molar-refractivity contribution < 1.29 is 10.2 Å². The van der Waals surface area contributed by atoms with E-state index in [1.165, 1.54) is 16.6 Å². The molecule has 0 fully saturated rings. The number of hydrogen-bond acceptors (Lipinski definition) is 4. The molecule has 1 unspecified atom stereocenters. The van der Waals surface area contributed by atoms with E-state index in [2.05, 4.69) is 30.2 Å². The fourth-order valence-electron chi connectivity index (χ4n) is 2.20. The first kappa shape index (κ1) is 12.9. The summed E-state index contributed by atoms with van der Waals surface area (Å²) in [7, 11) is 2.07. The molecule has 2 N–H and O–H groups in total. The van der Waals surface area contributed by atoms with Gasteiger partial charge in [0, 0.05) is 11.9 Å². The molecule has 20 heavy (non-hydrogen) atoms. The summed E-state index contributed by atoms with van der Waals surface area (Å²) in [5.41, 5.74) is 2.10. The maximum absolute atomic E-state index is 9.49. The number of hydrogen-bond donors (Lipinski definition) is 2. The normalized spacial score (nSPS) is 17.6. The number of rotatable bonds is 2. The minimum absolute atomic E-state index is 0.0946. The number of benzene rings is 2. The van der Waals surface area contributed by atoms with Crippen molar-refractivity contribution in [2.24, 2.45) is 0 Å². The summed E-state index contributed by atoms with van der Waals surface area (Å²) in [6.45, 7) is 0. The Hall–Kier alpha value is -2.07. The molecule has 1 heterocycles. The van der Waals surface area contributed by atoms with Gasteiger partial charge in [0.05, 0.1) is 11.1 Å². The Morgan fingerprint density at radius 1 is 1.10 bits per heavy atom. The number of thioether (sulfide) groups is 1. The van der Waals surface area contributed by atoms with Crippen LogP contribution in [-0.2, 0) is 0 Å². The Morgan fingerprint density at radius 3 is 2.65 bits per heavy atom. The Labute approximate surface area is 122 Å². The molecule has 3 nitrogen and oxygen atoms in total. The van der Waals surface area contributed by atoms with Crippen molar-refractivity contribution in [1.82, 2.24) is 0 Å². The summed E-state index contributed by atoms with van der Waals surface area (Å²) in [4.78, 5) is 3.50. The largest absolute Gasteiger partial charge is 0.504 e. The molecule has 0 bridgehead atoms. The first-order valence-electron chi connectivity index (χ1n) is 6.34. The van der Waals surface area contributed by atoms with Gasteiger partial charge in [0.2, 0.25) is 0 Å². The lowest BCUT2D eigenvalue weighted by Gasteiger charge is -2.18. The molecule has 2 aromatic rings. The lowest BCUT2D eigenvalue weighted by atomic mass is 10.2. The van der Waals surface area contributed by atoms with Crippen LogP contribution in [0.1, 0.15) is 5.56 Å². The number of nitrogens with zero attached hydrogens (tertiary/aromatic N) is 1. The first-order chi connectivity index (χ1) is 9.65. The van der Waals surface area contributed by atoms with Crippen LogP contribution in [0, 0.1) is 0 Å². The van der Waals surface area contributed by atoms with E-state index in [-0.39, 0.29) is 16.9 Å². The van der Waals surface area contributed by atoms with Crippen LogP contribution < -0.4 is 4.90 Å². The maximum Gasteiger partial charge on any atom is 0.157 e. The second-order valence-electron chi connectivity index (χ2n) is 4.69. The van der Waals surface area contributed by atoms with E-state index in [1.807, 2.05) is 18.2 Å². The lowest BCUT2D eigenvalue weighted by molar-refractivity contribution is 0.403. The number of aromatic hydroxyl groups is 2. The molecule has 4 heteroatoms. The van der Waals surface area contributed by atoms with Crippen LogP contribution in [0.25, 0.3) is 6.08 Å². The van der Waals surface area contributed by atoms with Crippen LogP contribution >= 0.6 is 11.8 Å². The van der Waals surface area contributed by atoms with E-state index in [1.54, 1.807) is 23.9 Å². The number of phenolic OH excluding ortho intramolecular Hbond substituents is 2. The summed E-state index contributed by atoms with van der Waals surface area (Å²) in [6, 6.07) is 13.1. The van der Waals surface area contributed by atoms with Gasteiger partial charge in [-0.1, -0.05) is 42.1 Å². The topological polar surface area (TPSA) is 43.7 Å². The second-order valence-corrected chi connectivity index (χ2v) is 5.85. The van der Waals surface area contributed by atoms with Crippen molar-refractivity contribution in [1.29, 1.82) is 0 Å². The molecule has 0 aliphatic carbocycles. The summed E-state index contributed by atoms with van der Waals surface area (Å²) in [5.74, 6) is -0.190. The van der Waals surface area contributed by atoms with Gasteiger partial charge in [-0.2, -0.15) is 0 Å². The highest BCUT2D eigenvalue weighted by Crippen LogP contribution is 2.42. The minimum atomic E-state index is -0.0954. The third kappa shape index (κ3) is 2.34. The molecule has 1 atom stereocenters. The van der Waals surface area contributed by atoms with Gasteiger partial charge < -0.3 is 15.1 Å².